The minimum atomic E-state index is 0.208. The highest BCUT2D eigenvalue weighted by Gasteiger charge is 2.13. The Bertz CT molecular complexity index is 605. The van der Waals surface area contributed by atoms with E-state index in [1.807, 2.05) is 29.8 Å². The standard InChI is InChI=1S/C14H16N2O2S/c1-4-16-14(19-10(2)15-16)9-8-11-12(17)6-5-7-13(11)18-3/h5-9H,4H2,1-3H3/p+1. The van der Waals surface area contributed by atoms with Crippen molar-refractivity contribution in [1.82, 2.24) is 5.10 Å². The largest absolute Gasteiger partial charge is 0.507 e. The topological polar surface area (TPSA) is 46.2 Å². The Morgan fingerprint density at radius 1 is 1.42 bits per heavy atom. The number of aromatic hydroxyl groups is 1. The Labute approximate surface area is 116 Å². The second kappa shape index (κ2) is 5.84. The van der Waals surface area contributed by atoms with Crippen LogP contribution in [0.1, 0.15) is 22.5 Å². The molecule has 1 N–H and O–H groups in total. The van der Waals surface area contributed by atoms with Gasteiger partial charge >= 0.3 is 0 Å². The van der Waals surface area contributed by atoms with Crippen LogP contribution in [0.5, 0.6) is 11.5 Å². The van der Waals surface area contributed by atoms with Crippen molar-refractivity contribution in [2.24, 2.45) is 0 Å². The Balaban J connectivity index is 2.37. The zero-order valence-corrected chi connectivity index (χ0v) is 12.1. The fraction of sp³-hybridized carbons (Fsp3) is 0.286. The molecule has 0 fully saturated rings. The molecule has 0 saturated heterocycles. The third kappa shape index (κ3) is 2.93. The van der Waals surface area contributed by atoms with E-state index >= 15 is 0 Å². The zero-order chi connectivity index (χ0) is 13.8. The number of aromatic nitrogens is 2. The minimum absolute atomic E-state index is 0.208. The quantitative estimate of drug-likeness (QED) is 0.874. The third-order valence-electron chi connectivity index (χ3n) is 2.72. The van der Waals surface area contributed by atoms with Crippen LogP contribution in [0, 0.1) is 6.92 Å². The second-order valence-corrected chi connectivity index (χ2v) is 5.21. The van der Waals surface area contributed by atoms with E-state index in [0.29, 0.717) is 11.3 Å². The number of nitrogens with zero attached hydrogens (tertiary/aromatic N) is 2. The number of methoxy groups -OCH3 is 1. The van der Waals surface area contributed by atoms with Gasteiger partial charge in [-0.1, -0.05) is 10.7 Å². The Morgan fingerprint density at radius 3 is 2.89 bits per heavy atom. The Kier molecular flexibility index (Phi) is 4.16. The Morgan fingerprint density at radius 2 is 2.21 bits per heavy atom. The zero-order valence-electron chi connectivity index (χ0n) is 11.3. The van der Waals surface area contributed by atoms with Gasteiger partial charge < -0.3 is 9.84 Å². The number of ether oxygens (including phenoxy) is 1. The van der Waals surface area contributed by atoms with Crippen LogP contribution in [0.25, 0.3) is 12.2 Å². The molecular weight excluding hydrogens is 260 g/mol. The molecule has 4 nitrogen and oxygen atoms in total. The number of aryl methyl sites for hydroxylation is 2. The first-order valence-corrected chi connectivity index (χ1v) is 6.89. The lowest BCUT2D eigenvalue weighted by Crippen LogP contribution is -2.36. The van der Waals surface area contributed by atoms with Crippen molar-refractivity contribution >= 4 is 23.5 Å². The predicted octanol–water partition coefficient (Wildman–Crippen LogP) is 2.64. The van der Waals surface area contributed by atoms with Crippen molar-refractivity contribution in [2.45, 2.75) is 20.4 Å². The molecule has 1 aromatic heterocycles. The molecule has 0 radical (unpaired) electrons. The van der Waals surface area contributed by atoms with Gasteiger partial charge in [0.05, 0.1) is 12.7 Å². The molecule has 0 amide bonds. The average Bonchev–Trinajstić information content (AvgIpc) is 2.77. The fourth-order valence-electron chi connectivity index (χ4n) is 1.82. The van der Waals surface area contributed by atoms with E-state index in [-0.39, 0.29) is 5.75 Å². The fourth-order valence-corrected chi connectivity index (χ4v) is 2.68. The molecule has 1 heterocycles. The number of hydrogen-bond donors (Lipinski definition) is 1. The van der Waals surface area contributed by atoms with Gasteiger partial charge in [0.15, 0.2) is 11.6 Å². The monoisotopic (exact) mass is 277 g/mol. The van der Waals surface area contributed by atoms with Gasteiger partial charge in [-0.25, -0.2) is 0 Å². The summed E-state index contributed by atoms with van der Waals surface area (Å²) in [6.45, 7) is 4.85. The summed E-state index contributed by atoms with van der Waals surface area (Å²) in [4.78, 5) is 0. The summed E-state index contributed by atoms with van der Waals surface area (Å²) in [6.07, 6.45) is 3.80. The number of hydrogen-bond acceptors (Lipinski definition) is 4. The molecule has 0 aliphatic heterocycles. The van der Waals surface area contributed by atoms with Gasteiger partial charge in [-0.05, 0) is 43.4 Å². The summed E-state index contributed by atoms with van der Waals surface area (Å²) in [6, 6.07) is 5.23. The summed E-state index contributed by atoms with van der Waals surface area (Å²) >= 11 is 1.62. The highest BCUT2D eigenvalue weighted by atomic mass is 32.1. The van der Waals surface area contributed by atoms with Crippen molar-refractivity contribution in [1.29, 1.82) is 0 Å². The molecular formula is C14H17N2O2S+. The smallest absolute Gasteiger partial charge is 0.289 e. The molecule has 0 saturated carbocycles. The van der Waals surface area contributed by atoms with Crippen LogP contribution in [0.2, 0.25) is 0 Å². The third-order valence-corrected chi connectivity index (χ3v) is 3.66. The minimum Gasteiger partial charge on any atom is -0.507 e. The van der Waals surface area contributed by atoms with Gasteiger partial charge in [-0.15, -0.1) is 0 Å². The Hall–Kier alpha value is -1.88. The first-order valence-electron chi connectivity index (χ1n) is 6.07. The molecule has 0 spiro atoms. The van der Waals surface area contributed by atoms with E-state index in [1.54, 1.807) is 30.6 Å². The van der Waals surface area contributed by atoms with Gasteiger partial charge in [0, 0.05) is 11.2 Å². The van der Waals surface area contributed by atoms with Crippen molar-refractivity contribution in [3.63, 3.8) is 0 Å². The first kappa shape index (κ1) is 13.5. The number of phenols is 1. The molecule has 5 heteroatoms. The van der Waals surface area contributed by atoms with Crippen LogP contribution in [0.15, 0.2) is 18.2 Å². The van der Waals surface area contributed by atoms with E-state index in [1.165, 1.54) is 0 Å². The van der Waals surface area contributed by atoms with Crippen molar-refractivity contribution in [3.05, 3.63) is 33.8 Å². The van der Waals surface area contributed by atoms with E-state index in [0.717, 1.165) is 16.6 Å². The maximum absolute atomic E-state index is 9.88. The van der Waals surface area contributed by atoms with Gasteiger partial charge in [0.25, 0.3) is 5.01 Å². The highest BCUT2D eigenvalue weighted by molar-refractivity contribution is 7.11. The predicted molar refractivity (Wildman–Crippen MR) is 76.3 cm³/mol. The summed E-state index contributed by atoms with van der Waals surface area (Å²) < 4.78 is 7.18. The normalized spacial score (nSPS) is 11.1. The van der Waals surface area contributed by atoms with Crippen molar-refractivity contribution < 1.29 is 14.5 Å². The van der Waals surface area contributed by atoms with Gasteiger partial charge in [0.1, 0.15) is 11.5 Å². The molecule has 1 aromatic carbocycles. The summed E-state index contributed by atoms with van der Waals surface area (Å²) in [5.41, 5.74) is 0.679. The molecule has 0 atom stereocenters. The van der Waals surface area contributed by atoms with Crippen LogP contribution in [0.3, 0.4) is 0 Å². The first-order chi connectivity index (χ1) is 9.15. The van der Waals surface area contributed by atoms with Gasteiger partial charge in [0.2, 0.25) is 0 Å². The van der Waals surface area contributed by atoms with E-state index < -0.39 is 0 Å². The second-order valence-electron chi connectivity index (χ2n) is 4.00. The summed E-state index contributed by atoms with van der Waals surface area (Å²) in [7, 11) is 1.59. The lowest BCUT2D eigenvalue weighted by Gasteiger charge is -2.05. The number of rotatable bonds is 4. The van der Waals surface area contributed by atoms with Crippen LogP contribution in [-0.2, 0) is 6.54 Å². The summed E-state index contributed by atoms with van der Waals surface area (Å²) in [5.74, 6) is 0.862. The maximum Gasteiger partial charge on any atom is 0.289 e. The molecule has 19 heavy (non-hydrogen) atoms. The van der Waals surface area contributed by atoms with E-state index in [9.17, 15) is 5.11 Å². The molecule has 2 aromatic rings. The molecule has 0 unspecified atom stereocenters. The average molecular weight is 277 g/mol. The number of benzene rings is 1. The van der Waals surface area contributed by atoms with Gasteiger partial charge in [-0.2, -0.15) is 0 Å². The van der Waals surface area contributed by atoms with Crippen LogP contribution < -0.4 is 9.42 Å². The van der Waals surface area contributed by atoms with E-state index in [4.69, 9.17) is 4.74 Å². The lowest BCUT2D eigenvalue weighted by atomic mass is 10.1. The van der Waals surface area contributed by atoms with Crippen molar-refractivity contribution in [3.8, 4) is 11.5 Å². The molecule has 2 rings (SSSR count). The lowest BCUT2D eigenvalue weighted by molar-refractivity contribution is -0.747. The van der Waals surface area contributed by atoms with E-state index in [2.05, 4.69) is 12.0 Å². The molecule has 100 valence electrons. The molecule has 0 bridgehead atoms. The SMILES string of the molecule is CC[n+]1nc(C)sc1/C=C/c1c(O)cccc1OC. The van der Waals surface area contributed by atoms with Crippen LogP contribution in [0.4, 0.5) is 0 Å². The van der Waals surface area contributed by atoms with Gasteiger partial charge in [-0.3, -0.25) is 0 Å². The summed E-state index contributed by atoms with van der Waals surface area (Å²) in [5, 5.41) is 16.3. The van der Waals surface area contributed by atoms with Crippen LogP contribution in [-0.4, -0.2) is 17.3 Å². The molecule has 0 aliphatic rings. The molecule has 0 aliphatic carbocycles. The highest BCUT2D eigenvalue weighted by Crippen LogP contribution is 2.29. The number of phenolic OH excluding ortho intramolecular Hbond substituents is 1. The van der Waals surface area contributed by atoms with Crippen LogP contribution >= 0.6 is 11.3 Å². The van der Waals surface area contributed by atoms with Crippen molar-refractivity contribution in [2.75, 3.05) is 7.11 Å². The maximum atomic E-state index is 9.88.